The minimum Gasteiger partial charge on any atom is -0.356 e. The van der Waals surface area contributed by atoms with Crippen LogP contribution in [0.4, 0.5) is 4.39 Å². The SMILES string of the molecule is O=C(NCCCCN1CCCC1)[C@H]1[C@H](C(=O)NCc2ccc(Br)c(F)c2)[C@@H]2C=C[C@H]1C21CC1. The normalized spacial score (nSPS) is 29.0. The van der Waals surface area contributed by atoms with Crippen LogP contribution in [0.5, 0.6) is 0 Å². The average molecular weight is 518 g/mol. The molecule has 4 aliphatic rings. The van der Waals surface area contributed by atoms with E-state index in [2.05, 4.69) is 43.6 Å². The Balaban J connectivity index is 1.18. The number of halogens is 2. The number of unbranched alkanes of at least 4 members (excludes halogenated alkanes) is 1. The zero-order valence-electron chi connectivity index (χ0n) is 19.0. The highest BCUT2D eigenvalue weighted by Crippen LogP contribution is 2.72. The van der Waals surface area contributed by atoms with Gasteiger partial charge in [0.2, 0.25) is 11.8 Å². The Bertz CT molecular complexity index is 941. The van der Waals surface area contributed by atoms with Gasteiger partial charge < -0.3 is 15.5 Å². The monoisotopic (exact) mass is 517 g/mol. The lowest BCUT2D eigenvalue weighted by atomic mass is 9.81. The van der Waals surface area contributed by atoms with Gasteiger partial charge in [0.25, 0.3) is 0 Å². The first kappa shape index (κ1) is 23.0. The summed E-state index contributed by atoms with van der Waals surface area (Å²) in [5.74, 6) is -0.758. The number of rotatable bonds is 9. The third-order valence-electron chi connectivity index (χ3n) is 8.30. The predicted molar refractivity (Wildman–Crippen MR) is 129 cm³/mol. The molecule has 7 heteroatoms. The molecule has 3 aliphatic carbocycles. The van der Waals surface area contributed by atoms with Crippen molar-refractivity contribution in [2.45, 2.75) is 45.1 Å². The van der Waals surface area contributed by atoms with E-state index in [0.717, 1.165) is 32.2 Å². The van der Waals surface area contributed by atoms with Crippen LogP contribution < -0.4 is 10.6 Å². The number of likely N-dealkylation sites (tertiary alicyclic amines) is 1. The highest BCUT2D eigenvalue weighted by molar-refractivity contribution is 9.10. The summed E-state index contributed by atoms with van der Waals surface area (Å²) in [4.78, 5) is 29.0. The first-order chi connectivity index (χ1) is 16.0. The molecular weight excluding hydrogens is 485 g/mol. The molecule has 5 rings (SSSR count). The second-order valence-electron chi connectivity index (χ2n) is 10.2. The van der Waals surface area contributed by atoms with E-state index in [-0.39, 0.29) is 53.3 Å². The topological polar surface area (TPSA) is 61.4 Å². The summed E-state index contributed by atoms with van der Waals surface area (Å²) in [7, 11) is 0. The standard InChI is InChI=1S/C26H33BrFN3O2/c27-20-8-5-17(15-21(20)28)16-30-25(33)23-19-7-6-18(26(19)9-10-26)22(23)24(32)29-11-1-2-12-31-13-3-4-14-31/h5-8,15,18-19,22-23H,1-4,9-14,16H2,(H,29,32)(H,30,33)/t18-,19+,22-,23-/m1/s1. The third-order valence-corrected chi connectivity index (χ3v) is 8.94. The van der Waals surface area contributed by atoms with Crippen molar-refractivity contribution in [1.82, 2.24) is 15.5 Å². The van der Waals surface area contributed by atoms with Crippen LogP contribution in [0.25, 0.3) is 0 Å². The molecule has 1 saturated heterocycles. The summed E-state index contributed by atoms with van der Waals surface area (Å²) in [6.45, 7) is 4.45. The fourth-order valence-electron chi connectivity index (χ4n) is 6.46. The molecule has 4 atom stereocenters. The number of carbonyl (C=O) groups excluding carboxylic acids is 2. The maximum absolute atomic E-state index is 13.8. The number of amides is 2. The van der Waals surface area contributed by atoms with E-state index >= 15 is 0 Å². The van der Waals surface area contributed by atoms with Crippen molar-refractivity contribution >= 4 is 27.7 Å². The molecule has 5 nitrogen and oxygen atoms in total. The van der Waals surface area contributed by atoms with Gasteiger partial charge in [-0.3, -0.25) is 9.59 Å². The van der Waals surface area contributed by atoms with E-state index in [1.165, 1.54) is 32.0 Å². The van der Waals surface area contributed by atoms with Crippen molar-refractivity contribution in [2.75, 3.05) is 26.2 Å². The van der Waals surface area contributed by atoms with Gasteiger partial charge in [0, 0.05) is 13.1 Å². The second-order valence-corrected chi connectivity index (χ2v) is 11.1. The van der Waals surface area contributed by atoms with Gasteiger partial charge in [0.05, 0.1) is 16.3 Å². The summed E-state index contributed by atoms with van der Waals surface area (Å²) >= 11 is 3.16. The molecule has 1 heterocycles. The Morgan fingerprint density at radius 2 is 1.70 bits per heavy atom. The van der Waals surface area contributed by atoms with E-state index in [0.29, 0.717) is 16.6 Å². The van der Waals surface area contributed by atoms with Crippen LogP contribution in [0.15, 0.2) is 34.8 Å². The number of hydrogen-bond acceptors (Lipinski definition) is 3. The minimum atomic E-state index is -0.344. The third kappa shape index (κ3) is 4.51. The van der Waals surface area contributed by atoms with Crippen LogP contribution in [0.2, 0.25) is 0 Å². The van der Waals surface area contributed by atoms with Gasteiger partial charge >= 0.3 is 0 Å². The lowest BCUT2D eigenvalue weighted by Gasteiger charge is -2.26. The Kier molecular flexibility index (Phi) is 6.62. The molecule has 178 valence electrons. The van der Waals surface area contributed by atoms with E-state index < -0.39 is 0 Å². The van der Waals surface area contributed by atoms with Crippen LogP contribution in [-0.2, 0) is 16.1 Å². The van der Waals surface area contributed by atoms with Gasteiger partial charge in [-0.2, -0.15) is 0 Å². The van der Waals surface area contributed by atoms with Gasteiger partial charge in [-0.05, 0) is 109 Å². The molecule has 2 amide bonds. The molecule has 1 aliphatic heterocycles. The van der Waals surface area contributed by atoms with Crippen LogP contribution in [0, 0.1) is 34.9 Å². The fourth-order valence-corrected chi connectivity index (χ4v) is 6.71. The lowest BCUT2D eigenvalue weighted by molar-refractivity contribution is -0.135. The second kappa shape index (κ2) is 9.49. The Morgan fingerprint density at radius 3 is 2.33 bits per heavy atom. The number of nitrogens with zero attached hydrogens (tertiary/aromatic N) is 1. The first-order valence-corrected chi connectivity index (χ1v) is 13.2. The molecule has 2 bridgehead atoms. The Morgan fingerprint density at radius 1 is 1.03 bits per heavy atom. The molecule has 0 aromatic heterocycles. The molecule has 33 heavy (non-hydrogen) atoms. The van der Waals surface area contributed by atoms with Crippen LogP contribution in [0.3, 0.4) is 0 Å². The van der Waals surface area contributed by atoms with Gasteiger partial charge in [-0.1, -0.05) is 18.2 Å². The fraction of sp³-hybridized carbons (Fsp3) is 0.615. The molecule has 1 spiro atoms. The van der Waals surface area contributed by atoms with Crippen molar-refractivity contribution in [1.29, 1.82) is 0 Å². The lowest BCUT2D eigenvalue weighted by Crippen LogP contribution is -2.44. The van der Waals surface area contributed by atoms with Crippen LogP contribution in [-0.4, -0.2) is 42.9 Å². The van der Waals surface area contributed by atoms with Crippen molar-refractivity contribution in [3.8, 4) is 0 Å². The maximum Gasteiger partial charge on any atom is 0.224 e. The van der Waals surface area contributed by atoms with Crippen molar-refractivity contribution in [3.63, 3.8) is 0 Å². The van der Waals surface area contributed by atoms with E-state index in [4.69, 9.17) is 0 Å². The highest BCUT2D eigenvalue weighted by Gasteiger charge is 2.69. The van der Waals surface area contributed by atoms with Crippen LogP contribution >= 0.6 is 15.9 Å². The average Bonchev–Trinajstić information content (AvgIpc) is 3.16. The Hall–Kier alpha value is -1.73. The van der Waals surface area contributed by atoms with E-state index in [9.17, 15) is 14.0 Å². The summed E-state index contributed by atoms with van der Waals surface area (Å²) in [6.07, 6.45) is 11.2. The van der Waals surface area contributed by atoms with E-state index in [1.54, 1.807) is 12.1 Å². The summed E-state index contributed by atoms with van der Waals surface area (Å²) in [5.41, 5.74) is 0.826. The summed E-state index contributed by atoms with van der Waals surface area (Å²) in [5, 5.41) is 6.14. The van der Waals surface area contributed by atoms with Crippen molar-refractivity contribution in [2.24, 2.45) is 29.1 Å². The number of hydrogen-bond donors (Lipinski definition) is 2. The van der Waals surface area contributed by atoms with E-state index in [1.807, 2.05) is 0 Å². The van der Waals surface area contributed by atoms with Crippen molar-refractivity contribution in [3.05, 3.63) is 46.2 Å². The Labute approximate surface area is 203 Å². The minimum absolute atomic E-state index is 0.0223. The van der Waals surface area contributed by atoms with Gasteiger partial charge in [-0.15, -0.1) is 0 Å². The van der Waals surface area contributed by atoms with Gasteiger partial charge in [0.1, 0.15) is 5.82 Å². The number of carbonyl (C=O) groups is 2. The zero-order valence-corrected chi connectivity index (χ0v) is 20.6. The summed E-state index contributed by atoms with van der Waals surface area (Å²) in [6, 6.07) is 4.87. The molecule has 0 unspecified atom stereocenters. The highest BCUT2D eigenvalue weighted by atomic mass is 79.9. The van der Waals surface area contributed by atoms with Gasteiger partial charge in [0.15, 0.2) is 0 Å². The largest absolute Gasteiger partial charge is 0.356 e. The molecule has 0 radical (unpaired) electrons. The molecule has 2 saturated carbocycles. The summed E-state index contributed by atoms with van der Waals surface area (Å²) < 4.78 is 14.2. The smallest absolute Gasteiger partial charge is 0.224 e. The quantitative estimate of drug-likeness (QED) is 0.384. The van der Waals surface area contributed by atoms with Crippen molar-refractivity contribution < 1.29 is 14.0 Å². The predicted octanol–water partition coefficient (Wildman–Crippen LogP) is 4.03. The molecular formula is C26H33BrFN3O2. The molecule has 1 aromatic rings. The van der Waals surface area contributed by atoms with Gasteiger partial charge in [-0.25, -0.2) is 4.39 Å². The zero-order chi connectivity index (χ0) is 23.0. The molecule has 1 aromatic carbocycles. The van der Waals surface area contributed by atoms with Crippen LogP contribution in [0.1, 0.15) is 44.1 Å². The number of allylic oxidation sites excluding steroid dienone is 2. The number of nitrogens with one attached hydrogen (secondary N) is 2. The molecule has 2 N–H and O–H groups in total. The number of benzene rings is 1. The first-order valence-electron chi connectivity index (χ1n) is 12.4. The maximum atomic E-state index is 13.8. The molecule has 3 fully saturated rings.